The second-order valence-corrected chi connectivity index (χ2v) is 5.11. The van der Waals surface area contributed by atoms with Crippen molar-refractivity contribution in [3.05, 3.63) is 0 Å². The predicted octanol–water partition coefficient (Wildman–Crippen LogP) is 1.44. The summed E-state index contributed by atoms with van der Waals surface area (Å²) < 4.78 is 5.29. The molecule has 1 heterocycles. The van der Waals surface area contributed by atoms with Gasteiger partial charge in [0, 0.05) is 31.7 Å². The Morgan fingerprint density at radius 2 is 2.18 bits per heavy atom. The van der Waals surface area contributed by atoms with Gasteiger partial charge in [-0.25, -0.2) is 0 Å². The van der Waals surface area contributed by atoms with Gasteiger partial charge in [0.15, 0.2) is 0 Å². The van der Waals surface area contributed by atoms with Gasteiger partial charge in [-0.3, -0.25) is 4.79 Å². The Kier molecular flexibility index (Phi) is 5.92. The molecule has 1 amide bonds. The number of hydrogen-bond acceptors (Lipinski definition) is 3. The van der Waals surface area contributed by atoms with Gasteiger partial charge in [0.2, 0.25) is 5.91 Å². The highest BCUT2D eigenvalue weighted by atomic mass is 16.5. The van der Waals surface area contributed by atoms with Crippen molar-refractivity contribution in [1.82, 2.24) is 5.32 Å². The minimum atomic E-state index is -0.244. The first-order chi connectivity index (χ1) is 8.09. The molecule has 100 valence electrons. The average molecular weight is 242 g/mol. The number of nitrogens with one attached hydrogen (secondary N) is 1. The third-order valence-electron chi connectivity index (χ3n) is 3.85. The van der Waals surface area contributed by atoms with Gasteiger partial charge in [0.05, 0.1) is 0 Å². The summed E-state index contributed by atoms with van der Waals surface area (Å²) in [6, 6.07) is 0. The number of hydrogen-bond donors (Lipinski definition) is 2. The molecule has 0 radical (unpaired) electrons. The van der Waals surface area contributed by atoms with E-state index in [1.807, 2.05) is 0 Å². The van der Waals surface area contributed by atoms with Crippen molar-refractivity contribution in [1.29, 1.82) is 0 Å². The lowest BCUT2D eigenvalue weighted by Crippen LogP contribution is -2.49. The van der Waals surface area contributed by atoms with Gasteiger partial charge in [0.1, 0.15) is 0 Å². The van der Waals surface area contributed by atoms with Crippen LogP contribution in [0.25, 0.3) is 0 Å². The van der Waals surface area contributed by atoms with E-state index in [0.717, 1.165) is 38.9 Å². The van der Waals surface area contributed by atoms with Gasteiger partial charge >= 0.3 is 0 Å². The Morgan fingerprint density at radius 1 is 1.47 bits per heavy atom. The maximum absolute atomic E-state index is 11.7. The second-order valence-electron chi connectivity index (χ2n) is 5.11. The third kappa shape index (κ3) is 5.04. The van der Waals surface area contributed by atoms with Crippen LogP contribution in [0.3, 0.4) is 0 Å². The molecule has 1 atom stereocenters. The smallest absolute Gasteiger partial charge is 0.220 e. The van der Waals surface area contributed by atoms with Gasteiger partial charge < -0.3 is 15.8 Å². The Balaban J connectivity index is 2.16. The van der Waals surface area contributed by atoms with Crippen molar-refractivity contribution in [2.24, 2.45) is 11.7 Å². The summed E-state index contributed by atoms with van der Waals surface area (Å²) in [5, 5.41) is 2.94. The molecule has 17 heavy (non-hydrogen) atoms. The van der Waals surface area contributed by atoms with Crippen LogP contribution in [-0.2, 0) is 9.53 Å². The van der Waals surface area contributed by atoms with E-state index < -0.39 is 0 Å². The molecule has 1 aliphatic heterocycles. The van der Waals surface area contributed by atoms with E-state index in [0.29, 0.717) is 18.9 Å². The van der Waals surface area contributed by atoms with Gasteiger partial charge in [-0.1, -0.05) is 13.8 Å². The molecule has 0 aromatic heterocycles. The predicted molar refractivity (Wildman–Crippen MR) is 68.7 cm³/mol. The zero-order chi connectivity index (χ0) is 12.7. The van der Waals surface area contributed by atoms with E-state index in [1.54, 1.807) is 0 Å². The van der Waals surface area contributed by atoms with E-state index in [-0.39, 0.29) is 11.4 Å². The maximum atomic E-state index is 11.7. The van der Waals surface area contributed by atoms with E-state index in [1.165, 1.54) is 0 Å². The third-order valence-corrected chi connectivity index (χ3v) is 3.85. The van der Waals surface area contributed by atoms with Crippen LogP contribution in [0.1, 0.15) is 46.0 Å². The highest BCUT2D eigenvalue weighted by Crippen LogP contribution is 2.17. The number of rotatable bonds is 7. The minimum absolute atomic E-state index is 0.119. The second kappa shape index (κ2) is 6.97. The van der Waals surface area contributed by atoms with Gasteiger partial charge in [-0.2, -0.15) is 0 Å². The summed E-state index contributed by atoms with van der Waals surface area (Å²) in [5.74, 6) is 0.689. The summed E-state index contributed by atoms with van der Waals surface area (Å²) in [6.45, 7) is 6.37. The molecule has 0 aromatic carbocycles. The lowest BCUT2D eigenvalue weighted by molar-refractivity contribution is -0.121. The molecule has 3 N–H and O–H groups in total. The first-order valence-electron chi connectivity index (χ1n) is 6.73. The van der Waals surface area contributed by atoms with Crippen LogP contribution in [-0.4, -0.2) is 31.2 Å². The van der Waals surface area contributed by atoms with Crippen molar-refractivity contribution < 1.29 is 9.53 Å². The quantitative estimate of drug-likeness (QED) is 0.710. The largest absolute Gasteiger partial charge is 0.381 e. The lowest BCUT2D eigenvalue weighted by atomic mass is 9.94. The van der Waals surface area contributed by atoms with E-state index in [9.17, 15) is 4.79 Å². The number of ether oxygens (including phenoxy) is 1. The molecule has 1 unspecified atom stereocenters. The van der Waals surface area contributed by atoms with Crippen LogP contribution in [0, 0.1) is 5.92 Å². The van der Waals surface area contributed by atoms with Crippen molar-refractivity contribution in [3.8, 4) is 0 Å². The van der Waals surface area contributed by atoms with Gasteiger partial charge in [-0.05, 0) is 31.6 Å². The number of amides is 1. The highest BCUT2D eigenvalue weighted by molar-refractivity contribution is 5.75. The summed E-state index contributed by atoms with van der Waals surface area (Å²) >= 11 is 0. The molecule has 0 aromatic rings. The molecule has 1 fully saturated rings. The van der Waals surface area contributed by atoms with Crippen molar-refractivity contribution in [3.63, 3.8) is 0 Å². The Hall–Kier alpha value is -0.610. The van der Waals surface area contributed by atoms with E-state index in [4.69, 9.17) is 10.5 Å². The fraction of sp³-hybridized carbons (Fsp3) is 0.923. The topological polar surface area (TPSA) is 64.3 Å². The molecule has 0 saturated carbocycles. The Morgan fingerprint density at radius 3 is 2.71 bits per heavy atom. The first kappa shape index (κ1) is 14.5. The van der Waals surface area contributed by atoms with Crippen LogP contribution < -0.4 is 11.1 Å². The fourth-order valence-electron chi connectivity index (χ4n) is 2.01. The van der Waals surface area contributed by atoms with Crippen LogP contribution in [0.5, 0.6) is 0 Å². The van der Waals surface area contributed by atoms with Crippen LogP contribution >= 0.6 is 0 Å². The molecule has 0 aliphatic carbocycles. The van der Waals surface area contributed by atoms with Gasteiger partial charge in [-0.15, -0.1) is 0 Å². The molecule has 0 spiro atoms. The standard InChI is InChI=1S/C13H26N2O2/c1-3-13(14,4-2)10-15-12(16)6-5-11-7-8-17-9-11/h11H,3-10,14H2,1-2H3,(H,15,16). The molecule has 4 nitrogen and oxygen atoms in total. The van der Waals surface area contributed by atoms with Crippen LogP contribution in [0.4, 0.5) is 0 Å². The molecule has 0 bridgehead atoms. The van der Waals surface area contributed by atoms with E-state index >= 15 is 0 Å². The normalized spacial score (nSPS) is 20.5. The van der Waals surface area contributed by atoms with E-state index in [2.05, 4.69) is 19.2 Å². The number of carbonyl (C=O) groups excluding carboxylic acids is 1. The lowest BCUT2D eigenvalue weighted by Gasteiger charge is -2.26. The van der Waals surface area contributed by atoms with Crippen molar-refractivity contribution in [2.45, 2.75) is 51.5 Å². The monoisotopic (exact) mass is 242 g/mol. The van der Waals surface area contributed by atoms with Crippen molar-refractivity contribution >= 4 is 5.91 Å². The highest BCUT2D eigenvalue weighted by Gasteiger charge is 2.21. The zero-order valence-corrected chi connectivity index (χ0v) is 11.1. The average Bonchev–Trinajstić information content (AvgIpc) is 2.86. The fourth-order valence-corrected chi connectivity index (χ4v) is 2.01. The summed E-state index contributed by atoms with van der Waals surface area (Å²) in [5.41, 5.74) is 5.88. The summed E-state index contributed by atoms with van der Waals surface area (Å²) in [7, 11) is 0. The molecule has 1 saturated heterocycles. The first-order valence-corrected chi connectivity index (χ1v) is 6.73. The van der Waals surface area contributed by atoms with Crippen molar-refractivity contribution in [2.75, 3.05) is 19.8 Å². The molecule has 1 rings (SSSR count). The minimum Gasteiger partial charge on any atom is -0.381 e. The summed E-state index contributed by atoms with van der Waals surface area (Å²) in [4.78, 5) is 11.7. The Labute approximate surface area is 104 Å². The Bertz CT molecular complexity index is 234. The molecule has 1 aliphatic rings. The molecular weight excluding hydrogens is 216 g/mol. The molecular formula is C13H26N2O2. The SMILES string of the molecule is CCC(N)(CC)CNC(=O)CCC1CCOC1. The van der Waals surface area contributed by atoms with Crippen LogP contribution in [0.2, 0.25) is 0 Å². The van der Waals surface area contributed by atoms with Crippen LogP contribution in [0.15, 0.2) is 0 Å². The zero-order valence-electron chi connectivity index (χ0n) is 11.1. The maximum Gasteiger partial charge on any atom is 0.220 e. The molecule has 4 heteroatoms. The number of carbonyl (C=O) groups is 1. The number of nitrogens with two attached hydrogens (primary N) is 1. The van der Waals surface area contributed by atoms with Gasteiger partial charge in [0.25, 0.3) is 0 Å². The summed E-state index contributed by atoms with van der Waals surface area (Å²) in [6.07, 6.45) is 4.40.